The Morgan fingerprint density at radius 1 is 1.03 bits per heavy atom. The minimum atomic E-state index is -1.90. The monoisotopic (exact) mass is 487 g/mol. The number of carbonyl (C=O) groups is 2. The molecule has 1 aliphatic rings. The van der Waals surface area contributed by atoms with Crippen LogP contribution in [0.25, 0.3) is 0 Å². The summed E-state index contributed by atoms with van der Waals surface area (Å²) in [4.78, 5) is 23.6. The number of carboxylic acids is 1. The number of phenols is 1. The van der Waals surface area contributed by atoms with Gasteiger partial charge in [0.05, 0.1) is 22.2 Å². The van der Waals surface area contributed by atoms with E-state index in [4.69, 9.17) is 37.8 Å². The number of nitrogens with one attached hydrogen (secondary N) is 1. The zero-order valence-corrected chi connectivity index (χ0v) is 17.7. The van der Waals surface area contributed by atoms with Gasteiger partial charge in [-0.2, -0.15) is 0 Å². The van der Waals surface area contributed by atoms with Crippen LogP contribution in [0.4, 0.5) is 11.4 Å². The molecule has 32 heavy (non-hydrogen) atoms. The molecule has 10 nitrogen and oxygen atoms in total. The molecule has 12 heteroatoms. The summed E-state index contributed by atoms with van der Waals surface area (Å²) in [5.74, 6) is -2.62. The zero-order valence-electron chi connectivity index (χ0n) is 16.2. The largest absolute Gasteiger partial charge is 0.508 e. The number of para-hydroxylation sites is 1. The minimum absolute atomic E-state index is 0.125. The van der Waals surface area contributed by atoms with E-state index in [1.807, 2.05) is 0 Å². The second-order valence-electron chi connectivity index (χ2n) is 6.97. The van der Waals surface area contributed by atoms with Crippen molar-refractivity contribution in [3.05, 3.63) is 52.0 Å². The normalized spacial score (nSPS) is 25.2. The maximum Gasteiger partial charge on any atom is 0.335 e. The summed E-state index contributed by atoms with van der Waals surface area (Å²) < 4.78 is 9.96. The molecule has 1 saturated heterocycles. The van der Waals surface area contributed by atoms with Gasteiger partial charge in [-0.3, -0.25) is 4.79 Å². The maximum absolute atomic E-state index is 12.5. The van der Waals surface area contributed by atoms with Gasteiger partial charge in [-0.15, -0.1) is 0 Å². The van der Waals surface area contributed by atoms with Crippen LogP contribution in [-0.2, 0) is 25.5 Å². The van der Waals surface area contributed by atoms with E-state index in [0.29, 0.717) is 16.9 Å². The van der Waals surface area contributed by atoms with Crippen LogP contribution in [-0.4, -0.2) is 68.2 Å². The quantitative estimate of drug-likeness (QED) is 0.259. The van der Waals surface area contributed by atoms with Crippen LogP contribution < -0.4 is 5.32 Å². The van der Waals surface area contributed by atoms with Crippen LogP contribution >= 0.6 is 23.2 Å². The van der Waals surface area contributed by atoms with Crippen LogP contribution in [0, 0.1) is 0 Å². The smallest absolute Gasteiger partial charge is 0.335 e. The fraction of sp³-hybridized carbons (Fsp3) is 0.300. The Kier molecular flexibility index (Phi) is 7.44. The summed E-state index contributed by atoms with van der Waals surface area (Å²) in [6.45, 7) is 0. The first-order valence-electron chi connectivity index (χ1n) is 9.23. The van der Waals surface area contributed by atoms with Crippen molar-refractivity contribution in [1.29, 1.82) is 0 Å². The number of anilines is 2. The molecular weight excluding hydrogens is 469 g/mol. The standard InChI is InChI=1S/C20H19Cl2NO9/c21-10-6-9(24)7-11(22)14(10)23-12-4-2-1-3-8(12)5-13(25)31-20-17(28)15(26)16(27)18(32-20)19(29)30/h1-4,6-7,15-18,20,23-24,26-28H,5H2,(H,29,30)/t15-,16-,17+,18-,20+/m1/s1. The molecule has 3 rings (SSSR count). The second kappa shape index (κ2) is 9.90. The topological polar surface area (TPSA) is 166 Å². The van der Waals surface area contributed by atoms with E-state index in [2.05, 4.69) is 5.32 Å². The number of aliphatic hydroxyl groups is 3. The molecule has 0 radical (unpaired) electrons. The number of halogens is 2. The van der Waals surface area contributed by atoms with E-state index in [1.54, 1.807) is 24.3 Å². The van der Waals surface area contributed by atoms with Crippen LogP contribution in [0.3, 0.4) is 0 Å². The lowest BCUT2D eigenvalue weighted by Crippen LogP contribution is -2.60. The third-order valence-corrected chi connectivity index (χ3v) is 5.30. The first-order valence-corrected chi connectivity index (χ1v) is 9.99. The molecule has 2 aromatic carbocycles. The number of carboxylic acid groups (broad SMARTS) is 1. The molecule has 0 saturated carbocycles. The van der Waals surface area contributed by atoms with Crippen molar-refractivity contribution in [3.63, 3.8) is 0 Å². The lowest BCUT2D eigenvalue weighted by atomic mass is 9.99. The number of ether oxygens (including phenoxy) is 2. The molecule has 1 fully saturated rings. The molecular formula is C20H19Cl2NO9. The molecule has 0 aromatic heterocycles. The van der Waals surface area contributed by atoms with Crippen molar-refractivity contribution in [1.82, 2.24) is 0 Å². The van der Waals surface area contributed by atoms with Gasteiger partial charge >= 0.3 is 11.9 Å². The summed E-state index contributed by atoms with van der Waals surface area (Å²) in [5, 5.41) is 51.4. The van der Waals surface area contributed by atoms with Gasteiger partial charge in [0.1, 0.15) is 24.1 Å². The van der Waals surface area contributed by atoms with Gasteiger partial charge in [-0.05, 0) is 11.6 Å². The van der Waals surface area contributed by atoms with Crippen molar-refractivity contribution in [2.45, 2.75) is 37.1 Å². The maximum atomic E-state index is 12.5. The molecule has 172 valence electrons. The molecule has 0 unspecified atom stereocenters. The van der Waals surface area contributed by atoms with Crippen LogP contribution in [0.15, 0.2) is 36.4 Å². The van der Waals surface area contributed by atoms with Gasteiger partial charge in [0.2, 0.25) is 6.29 Å². The van der Waals surface area contributed by atoms with Gasteiger partial charge in [0.15, 0.2) is 6.10 Å². The highest BCUT2D eigenvalue weighted by Gasteiger charge is 2.48. The highest BCUT2D eigenvalue weighted by atomic mass is 35.5. The number of esters is 1. The number of rotatable bonds is 6. The number of carbonyl (C=O) groups excluding carboxylic acids is 1. The molecule has 0 bridgehead atoms. The molecule has 1 aliphatic heterocycles. The summed E-state index contributed by atoms with van der Waals surface area (Å²) in [6.07, 6.45) is -9.67. The Bertz CT molecular complexity index is 995. The van der Waals surface area contributed by atoms with Gasteiger partial charge in [-0.25, -0.2) is 4.79 Å². The lowest BCUT2D eigenvalue weighted by molar-refractivity contribution is -0.286. The number of aliphatic carboxylic acids is 1. The molecule has 0 spiro atoms. The molecule has 1 heterocycles. The fourth-order valence-electron chi connectivity index (χ4n) is 3.09. The van der Waals surface area contributed by atoms with Crippen LogP contribution in [0.1, 0.15) is 5.56 Å². The van der Waals surface area contributed by atoms with Gasteiger partial charge in [-0.1, -0.05) is 41.4 Å². The van der Waals surface area contributed by atoms with E-state index in [1.165, 1.54) is 12.1 Å². The van der Waals surface area contributed by atoms with E-state index in [0.717, 1.165) is 0 Å². The number of benzene rings is 2. The van der Waals surface area contributed by atoms with E-state index < -0.39 is 42.6 Å². The lowest BCUT2D eigenvalue weighted by Gasteiger charge is -2.37. The van der Waals surface area contributed by atoms with Crippen LogP contribution in [0.2, 0.25) is 10.0 Å². The minimum Gasteiger partial charge on any atom is -0.508 e. The summed E-state index contributed by atoms with van der Waals surface area (Å²) in [5.41, 5.74) is 1.15. The van der Waals surface area contributed by atoms with Crippen molar-refractivity contribution in [2.75, 3.05) is 5.32 Å². The van der Waals surface area contributed by atoms with Crippen molar-refractivity contribution in [3.8, 4) is 5.75 Å². The molecule has 0 amide bonds. The highest BCUT2D eigenvalue weighted by molar-refractivity contribution is 6.39. The number of aliphatic hydroxyl groups excluding tert-OH is 3. The van der Waals surface area contributed by atoms with Crippen molar-refractivity contribution >= 4 is 46.5 Å². The summed E-state index contributed by atoms with van der Waals surface area (Å²) >= 11 is 12.2. The zero-order chi connectivity index (χ0) is 23.6. The Labute approximate surface area is 191 Å². The average molecular weight is 488 g/mol. The number of hydrogen-bond donors (Lipinski definition) is 6. The highest BCUT2D eigenvalue weighted by Crippen LogP contribution is 2.37. The molecule has 5 atom stereocenters. The van der Waals surface area contributed by atoms with Gasteiger partial charge in [0, 0.05) is 17.8 Å². The Hall–Kier alpha value is -2.60. The summed E-state index contributed by atoms with van der Waals surface area (Å²) in [6, 6.07) is 9.14. The molecule has 6 N–H and O–H groups in total. The number of hydrogen-bond acceptors (Lipinski definition) is 9. The van der Waals surface area contributed by atoms with E-state index in [9.17, 15) is 30.0 Å². The molecule has 2 aromatic rings. The van der Waals surface area contributed by atoms with Gasteiger partial charge < -0.3 is 40.3 Å². The van der Waals surface area contributed by atoms with Crippen molar-refractivity contribution < 1.29 is 44.6 Å². The van der Waals surface area contributed by atoms with E-state index >= 15 is 0 Å². The Morgan fingerprint density at radius 2 is 1.66 bits per heavy atom. The fourth-order valence-corrected chi connectivity index (χ4v) is 3.66. The number of phenolic OH excluding ortho intramolecular Hbond substituents is 1. The second-order valence-corrected chi connectivity index (χ2v) is 7.78. The van der Waals surface area contributed by atoms with Gasteiger partial charge in [0.25, 0.3) is 0 Å². The first kappa shape index (κ1) is 24.1. The Morgan fingerprint density at radius 3 is 2.28 bits per heavy atom. The van der Waals surface area contributed by atoms with Crippen molar-refractivity contribution in [2.24, 2.45) is 0 Å². The average Bonchev–Trinajstić information content (AvgIpc) is 2.72. The number of aromatic hydroxyl groups is 1. The molecule has 0 aliphatic carbocycles. The van der Waals surface area contributed by atoms with Crippen LogP contribution in [0.5, 0.6) is 5.75 Å². The predicted molar refractivity (Wildman–Crippen MR) is 112 cm³/mol. The third-order valence-electron chi connectivity index (χ3n) is 4.70. The third kappa shape index (κ3) is 5.23. The summed E-state index contributed by atoms with van der Waals surface area (Å²) in [7, 11) is 0. The Balaban J connectivity index is 1.74. The SMILES string of the molecule is O=C(Cc1ccccc1Nc1c(Cl)cc(O)cc1Cl)O[C@H]1O[C@@H](C(=O)O)[C@H](O)[C@@H](O)[C@@H]1O. The van der Waals surface area contributed by atoms with E-state index in [-0.39, 0.29) is 22.2 Å². The predicted octanol–water partition coefficient (Wildman–Crippen LogP) is 1.42. The first-order chi connectivity index (χ1) is 15.1.